The molecule has 1 aromatic carbocycles. The molecule has 0 unspecified atom stereocenters. The highest BCUT2D eigenvalue weighted by Gasteiger charge is 2.25. The predicted octanol–water partition coefficient (Wildman–Crippen LogP) is 0.959. The van der Waals surface area contributed by atoms with Gasteiger partial charge >= 0.3 is 0 Å². The molecule has 0 saturated carbocycles. The van der Waals surface area contributed by atoms with Gasteiger partial charge in [0.05, 0.1) is 6.07 Å². The summed E-state index contributed by atoms with van der Waals surface area (Å²) in [6.45, 7) is 1.64. The van der Waals surface area contributed by atoms with Gasteiger partial charge in [0.2, 0.25) is 5.91 Å². The van der Waals surface area contributed by atoms with Crippen LogP contribution >= 0.6 is 0 Å². The van der Waals surface area contributed by atoms with Crippen LogP contribution in [0.15, 0.2) is 24.3 Å². The summed E-state index contributed by atoms with van der Waals surface area (Å²) in [7, 11) is 0. The number of hydrogen-bond acceptors (Lipinski definition) is 3. The van der Waals surface area contributed by atoms with Gasteiger partial charge in [0.15, 0.2) is 0 Å². The van der Waals surface area contributed by atoms with Crippen LogP contribution < -0.4 is 11.1 Å². The number of carbonyl (C=O) groups is 2. The SMILES string of the molecule is C[C@@H](CC#N)[C@H](NC(=O)c1ccc(F)cc1)C(N)=O. The average molecular weight is 263 g/mol. The van der Waals surface area contributed by atoms with E-state index in [-0.39, 0.29) is 12.0 Å². The third-order valence-corrected chi connectivity index (χ3v) is 2.68. The van der Waals surface area contributed by atoms with E-state index in [1.165, 1.54) is 12.1 Å². The molecule has 0 aliphatic heterocycles. The first-order valence-electron chi connectivity index (χ1n) is 5.68. The molecule has 1 aromatic rings. The third kappa shape index (κ3) is 4.07. The summed E-state index contributed by atoms with van der Waals surface area (Å²) in [4.78, 5) is 23.1. The standard InChI is InChI=1S/C13H14FN3O2/c1-8(6-7-15)11(12(16)18)17-13(19)9-2-4-10(14)5-3-9/h2-5,8,11H,6H2,1H3,(H2,16,18)(H,17,19)/t8-,11-/m0/s1. The van der Waals surface area contributed by atoms with Crippen molar-refractivity contribution in [1.82, 2.24) is 5.32 Å². The maximum Gasteiger partial charge on any atom is 0.251 e. The topological polar surface area (TPSA) is 96.0 Å². The smallest absolute Gasteiger partial charge is 0.251 e. The van der Waals surface area contributed by atoms with Crippen molar-refractivity contribution in [2.24, 2.45) is 11.7 Å². The van der Waals surface area contributed by atoms with Crippen molar-refractivity contribution in [3.8, 4) is 6.07 Å². The number of benzene rings is 1. The summed E-state index contributed by atoms with van der Waals surface area (Å²) in [6.07, 6.45) is 0.0945. The number of rotatable bonds is 5. The van der Waals surface area contributed by atoms with Crippen molar-refractivity contribution in [2.75, 3.05) is 0 Å². The molecule has 0 saturated heterocycles. The van der Waals surface area contributed by atoms with Gasteiger partial charge in [-0.3, -0.25) is 9.59 Å². The predicted molar refractivity (Wildman–Crippen MR) is 66.2 cm³/mol. The fourth-order valence-corrected chi connectivity index (χ4v) is 1.58. The van der Waals surface area contributed by atoms with Crippen LogP contribution in [0.5, 0.6) is 0 Å². The number of nitrogens with zero attached hydrogens (tertiary/aromatic N) is 1. The number of nitriles is 1. The Morgan fingerprint density at radius 1 is 1.42 bits per heavy atom. The summed E-state index contributed by atoms with van der Waals surface area (Å²) < 4.78 is 12.7. The van der Waals surface area contributed by atoms with Crippen molar-refractivity contribution in [3.63, 3.8) is 0 Å². The van der Waals surface area contributed by atoms with E-state index in [2.05, 4.69) is 5.32 Å². The minimum atomic E-state index is -0.933. The summed E-state index contributed by atoms with van der Waals surface area (Å²) in [6, 6.07) is 5.88. The first kappa shape index (κ1) is 14.6. The van der Waals surface area contributed by atoms with Gasteiger partial charge in [0.1, 0.15) is 11.9 Å². The minimum Gasteiger partial charge on any atom is -0.368 e. The second-order valence-corrected chi connectivity index (χ2v) is 4.20. The third-order valence-electron chi connectivity index (χ3n) is 2.68. The number of nitrogens with two attached hydrogens (primary N) is 1. The number of primary amides is 1. The Hall–Kier alpha value is -2.42. The summed E-state index contributed by atoms with van der Waals surface area (Å²) in [5, 5.41) is 11.0. The Labute approximate surface area is 110 Å². The molecule has 3 N–H and O–H groups in total. The molecule has 0 aliphatic rings. The maximum atomic E-state index is 12.7. The molecule has 2 atom stereocenters. The van der Waals surface area contributed by atoms with Crippen molar-refractivity contribution in [3.05, 3.63) is 35.6 Å². The largest absolute Gasteiger partial charge is 0.368 e. The lowest BCUT2D eigenvalue weighted by Crippen LogP contribution is -2.48. The van der Waals surface area contributed by atoms with Crippen molar-refractivity contribution < 1.29 is 14.0 Å². The zero-order valence-electron chi connectivity index (χ0n) is 10.4. The number of halogens is 1. The number of nitrogens with one attached hydrogen (secondary N) is 1. The molecule has 100 valence electrons. The van der Waals surface area contributed by atoms with Crippen LogP contribution in [-0.2, 0) is 4.79 Å². The van der Waals surface area contributed by atoms with E-state index in [9.17, 15) is 14.0 Å². The quantitative estimate of drug-likeness (QED) is 0.828. The van der Waals surface area contributed by atoms with Crippen LogP contribution in [0.2, 0.25) is 0 Å². The highest BCUT2D eigenvalue weighted by molar-refractivity contribution is 5.97. The van der Waals surface area contributed by atoms with Crippen LogP contribution in [0, 0.1) is 23.1 Å². The second-order valence-electron chi connectivity index (χ2n) is 4.20. The van der Waals surface area contributed by atoms with Crippen molar-refractivity contribution in [2.45, 2.75) is 19.4 Å². The summed E-state index contributed by atoms with van der Waals surface area (Å²) in [5.41, 5.74) is 5.41. The number of amides is 2. The molecule has 0 heterocycles. The average Bonchev–Trinajstić information content (AvgIpc) is 2.36. The lowest BCUT2D eigenvalue weighted by Gasteiger charge is -2.20. The van der Waals surface area contributed by atoms with Gasteiger partial charge in [-0.25, -0.2) is 4.39 Å². The van der Waals surface area contributed by atoms with Gasteiger partial charge < -0.3 is 11.1 Å². The first-order valence-corrected chi connectivity index (χ1v) is 5.68. The molecule has 5 nitrogen and oxygen atoms in total. The highest BCUT2D eigenvalue weighted by atomic mass is 19.1. The lowest BCUT2D eigenvalue weighted by atomic mass is 9.98. The van der Waals surface area contributed by atoms with E-state index in [0.29, 0.717) is 0 Å². The molecule has 0 bridgehead atoms. The fourth-order valence-electron chi connectivity index (χ4n) is 1.58. The van der Waals surface area contributed by atoms with Gasteiger partial charge in [0, 0.05) is 12.0 Å². The van der Waals surface area contributed by atoms with E-state index in [0.717, 1.165) is 12.1 Å². The highest BCUT2D eigenvalue weighted by Crippen LogP contribution is 2.09. The Morgan fingerprint density at radius 2 is 2.00 bits per heavy atom. The lowest BCUT2D eigenvalue weighted by molar-refractivity contribution is -0.120. The Bertz CT molecular complexity index is 508. The van der Waals surface area contributed by atoms with E-state index in [4.69, 9.17) is 11.0 Å². The van der Waals surface area contributed by atoms with E-state index in [1.807, 2.05) is 6.07 Å². The Balaban J connectivity index is 2.80. The Morgan fingerprint density at radius 3 is 2.47 bits per heavy atom. The summed E-state index contributed by atoms with van der Waals surface area (Å²) >= 11 is 0. The molecule has 0 radical (unpaired) electrons. The van der Waals surface area contributed by atoms with Crippen molar-refractivity contribution in [1.29, 1.82) is 5.26 Å². The fraction of sp³-hybridized carbons (Fsp3) is 0.308. The van der Waals surface area contributed by atoms with Crippen LogP contribution in [-0.4, -0.2) is 17.9 Å². The molecular weight excluding hydrogens is 249 g/mol. The van der Waals surface area contributed by atoms with Crippen LogP contribution in [0.1, 0.15) is 23.7 Å². The monoisotopic (exact) mass is 263 g/mol. The molecular formula is C13H14FN3O2. The molecule has 0 spiro atoms. The second kappa shape index (κ2) is 6.50. The van der Waals surface area contributed by atoms with E-state index < -0.39 is 29.6 Å². The van der Waals surface area contributed by atoms with Crippen LogP contribution in [0.3, 0.4) is 0 Å². The van der Waals surface area contributed by atoms with Crippen LogP contribution in [0.4, 0.5) is 4.39 Å². The molecule has 0 aromatic heterocycles. The van der Waals surface area contributed by atoms with E-state index >= 15 is 0 Å². The summed E-state index contributed by atoms with van der Waals surface area (Å²) in [5.74, 6) is -2.10. The number of carbonyl (C=O) groups excluding carboxylic acids is 2. The zero-order valence-corrected chi connectivity index (χ0v) is 10.4. The first-order chi connectivity index (χ1) is 8.95. The van der Waals surface area contributed by atoms with Gasteiger partial charge in [-0.1, -0.05) is 6.92 Å². The number of hydrogen-bond donors (Lipinski definition) is 2. The van der Waals surface area contributed by atoms with Crippen LogP contribution in [0.25, 0.3) is 0 Å². The zero-order chi connectivity index (χ0) is 14.4. The minimum absolute atomic E-state index is 0.0945. The van der Waals surface area contributed by atoms with E-state index in [1.54, 1.807) is 6.92 Å². The van der Waals surface area contributed by atoms with Gasteiger partial charge in [-0.05, 0) is 30.2 Å². The van der Waals surface area contributed by atoms with Gasteiger partial charge in [-0.15, -0.1) is 0 Å². The molecule has 1 rings (SSSR count). The molecule has 6 heteroatoms. The van der Waals surface area contributed by atoms with Gasteiger partial charge in [0.25, 0.3) is 5.91 Å². The molecule has 2 amide bonds. The van der Waals surface area contributed by atoms with Crippen molar-refractivity contribution >= 4 is 11.8 Å². The van der Waals surface area contributed by atoms with Gasteiger partial charge in [-0.2, -0.15) is 5.26 Å². The normalized spacial score (nSPS) is 13.1. The Kier molecular flexibility index (Phi) is 5.01. The molecule has 0 fully saturated rings. The molecule has 0 aliphatic carbocycles. The maximum absolute atomic E-state index is 12.7. The molecule has 19 heavy (non-hydrogen) atoms.